The zero-order valence-corrected chi connectivity index (χ0v) is 9.90. The van der Waals surface area contributed by atoms with Crippen LogP contribution in [0, 0.1) is 18.8 Å². The molecular weight excluding hydrogens is 212 g/mol. The zero-order chi connectivity index (χ0) is 12.3. The van der Waals surface area contributed by atoms with Gasteiger partial charge in [-0.1, -0.05) is 24.3 Å². The van der Waals surface area contributed by atoms with Gasteiger partial charge in [-0.25, -0.2) is 0 Å². The molecule has 0 saturated carbocycles. The average molecular weight is 226 g/mol. The number of benzene rings is 2. The van der Waals surface area contributed by atoms with E-state index in [0.29, 0.717) is 5.69 Å². The topological polar surface area (TPSA) is 41.5 Å². The number of nitrogens with zero attached hydrogens (tertiary/aromatic N) is 1. The molecule has 2 aromatic carbocycles. The fraction of sp³-hybridized carbons (Fsp3) is 0.143. The molecule has 0 aliphatic rings. The van der Waals surface area contributed by atoms with E-state index in [0.717, 1.165) is 16.9 Å². The molecule has 3 nitrogen and oxygen atoms in total. The van der Waals surface area contributed by atoms with Gasteiger partial charge in [0.25, 0.3) is 0 Å². The Morgan fingerprint density at radius 3 is 2.53 bits per heavy atom. The lowest BCUT2D eigenvalue weighted by atomic mass is 10.1. The molecule has 0 heterocycles. The van der Waals surface area contributed by atoms with E-state index < -0.39 is 0 Å². The molecule has 0 fully saturated rings. The molecule has 17 heavy (non-hydrogen) atoms. The standard InChI is InChI=1S/C14H14N2O/c1-10-5-3-7-12(9-10)15-13-8-4-6-11(2)14(13)16-17/h3-9,15H,1-2H3. The van der Waals surface area contributed by atoms with Crippen molar-refractivity contribution in [3.63, 3.8) is 0 Å². The van der Waals surface area contributed by atoms with E-state index in [1.807, 2.05) is 56.3 Å². The molecule has 0 aliphatic heterocycles. The molecule has 0 aliphatic carbocycles. The van der Waals surface area contributed by atoms with Crippen molar-refractivity contribution < 1.29 is 0 Å². The molecule has 0 unspecified atom stereocenters. The molecule has 86 valence electrons. The second-order valence-electron chi connectivity index (χ2n) is 4.06. The molecule has 0 saturated heterocycles. The van der Waals surface area contributed by atoms with Gasteiger partial charge in [0.05, 0.1) is 5.69 Å². The third kappa shape index (κ3) is 2.50. The van der Waals surface area contributed by atoms with Gasteiger partial charge in [0.15, 0.2) is 0 Å². The summed E-state index contributed by atoms with van der Waals surface area (Å²) in [7, 11) is 0. The summed E-state index contributed by atoms with van der Waals surface area (Å²) in [5.41, 5.74) is 4.21. The van der Waals surface area contributed by atoms with E-state index in [9.17, 15) is 4.91 Å². The maximum Gasteiger partial charge on any atom is 0.134 e. The van der Waals surface area contributed by atoms with Crippen LogP contribution in [0.4, 0.5) is 17.1 Å². The van der Waals surface area contributed by atoms with Crippen molar-refractivity contribution in [1.29, 1.82) is 0 Å². The fourth-order valence-electron chi connectivity index (χ4n) is 1.76. The van der Waals surface area contributed by atoms with Crippen LogP contribution in [0.15, 0.2) is 47.6 Å². The lowest BCUT2D eigenvalue weighted by Crippen LogP contribution is -1.92. The number of hydrogen-bond donors (Lipinski definition) is 1. The van der Waals surface area contributed by atoms with Crippen molar-refractivity contribution >= 4 is 17.1 Å². The van der Waals surface area contributed by atoms with Gasteiger partial charge in [0, 0.05) is 5.69 Å². The Morgan fingerprint density at radius 1 is 1.06 bits per heavy atom. The lowest BCUT2D eigenvalue weighted by molar-refractivity contribution is 1.37. The van der Waals surface area contributed by atoms with Crippen molar-refractivity contribution in [1.82, 2.24) is 0 Å². The van der Waals surface area contributed by atoms with E-state index >= 15 is 0 Å². The van der Waals surface area contributed by atoms with Crippen LogP contribution in [0.1, 0.15) is 11.1 Å². The van der Waals surface area contributed by atoms with Gasteiger partial charge in [-0.05, 0) is 48.4 Å². The van der Waals surface area contributed by atoms with Crippen LogP contribution < -0.4 is 5.32 Å². The molecule has 0 radical (unpaired) electrons. The summed E-state index contributed by atoms with van der Waals surface area (Å²) < 4.78 is 0. The van der Waals surface area contributed by atoms with Gasteiger partial charge in [-0.2, -0.15) is 0 Å². The summed E-state index contributed by atoms with van der Waals surface area (Å²) in [6.07, 6.45) is 0. The number of anilines is 2. The Labute approximate surface area is 100 Å². The summed E-state index contributed by atoms with van der Waals surface area (Å²) in [6.45, 7) is 3.90. The van der Waals surface area contributed by atoms with E-state index in [2.05, 4.69) is 10.5 Å². The Bertz CT molecular complexity index is 550. The van der Waals surface area contributed by atoms with Gasteiger partial charge in [0.2, 0.25) is 0 Å². The van der Waals surface area contributed by atoms with E-state index in [-0.39, 0.29) is 0 Å². The molecule has 2 aromatic rings. The van der Waals surface area contributed by atoms with Crippen molar-refractivity contribution in [3.8, 4) is 0 Å². The molecule has 1 N–H and O–H groups in total. The first-order valence-electron chi connectivity index (χ1n) is 5.47. The van der Waals surface area contributed by atoms with Crippen LogP contribution in [0.25, 0.3) is 0 Å². The highest BCUT2D eigenvalue weighted by Gasteiger charge is 2.05. The van der Waals surface area contributed by atoms with Gasteiger partial charge >= 0.3 is 0 Å². The molecule has 0 aromatic heterocycles. The largest absolute Gasteiger partial charge is 0.354 e. The summed E-state index contributed by atoms with van der Waals surface area (Å²) in [5, 5.41) is 6.29. The summed E-state index contributed by atoms with van der Waals surface area (Å²) in [6, 6.07) is 13.6. The SMILES string of the molecule is Cc1cccc(Nc2cccc(C)c2N=O)c1. The minimum absolute atomic E-state index is 0.467. The number of rotatable bonds is 3. The molecule has 3 heteroatoms. The van der Waals surface area contributed by atoms with Gasteiger partial charge in [0.1, 0.15) is 5.69 Å². The predicted octanol–water partition coefficient (Wildman–Crippen LogP) is 4.44. The van der Waals surface area contributed by atoms with Gasteiger partial charge < -0.3 is 5.32 Å². The monoisotopic (exact) mass is 226 g/mol. The quantitative estimate of drug-likeness (QED) is 0.786. The van der Waals surface area contributed by atoms with Gasteiger partial charge in [-0.15, -0.1) is 4.91 Å². The van der Waals surface area contributed by atoms with Crippen LogP contribution in [-0.2, 0) is 0 Å². The highest BCUT2D eigenvalue weighted by atomic mass is 16.3. The first kappa shape index (κ1) is 11.3. The Morgan fingerprint density at radius 2 is 1.82 bits per heavy atom. The molecule has 0 amide bonds. The molecule has 0 bridgehead atoms. The van der Waals surface area contributed by atoms with Crippen LogP contribution in [0.3, 0.4) is 0 Å². The van der Waals surface area contributed by atoms with Crippen molar-refractivity contribution in [2.45, 2.75) is 13.8 Å². The fourth-order valence-corrected chi connectivity index (χ4v) is 1.76. The predicted molar refractivity (Wildman–Crippen MR) is 71.1 cm³/mol. The summed E-state index contributed by atoms with van der Waals surface area (Å²) in [4.78, 5) is 10.8. The maximum absolute atomic E-state index is 10.8. The first-order chi connectivity index (χ1) is 8.20. The molecule has 2 rings (SSSR count). The van der Waals surface area contributed by atoms with Crippen molar-refractivity contribution in [2.24, 2.45) is 5.18 Å². The molecule has 0 spiro atoms. The Hall–Kier alpha value is -2.16. The zero-order valence-electron chi connectivity index (χ0n) is 9.90. The van der Waals surface area contributed by atoms with E-state index in [1.54, 1.807) is 0 Å². The number of aryl methyl sites for hydroxylation is 2. The van der Waals surface area contributed by atoms with Crippen LogP contribution >= 0.6 is 0 Å². The van der Waals surface area contributed by atoms with Gasteiger partial charge in [-0.3, -0.25) is 0 Å². The van der Waals surface area contributed by atoms with E-state index in [1.165, 1.54) is 5.56 Å². The number of hydrogen-bond acceptors (Lipinski definition) is 3. The van der Waals surface area contributed by atoms with E-state index in [4.69, 9.17) is 0 Å². The minimum Gasteiger partial charge on any atom is -0.354 e. The first-order valence-corrected chi connectivity index (χ1v) is 5.47. The maximum atomic E-state index is 10.8. The Kier molecular flexibility index (Phi) is 3.19. The van der Waals surface area contributed by atoms with Crippen LogP contribution in [0.5, 0.6) is 0 Å². The third-order valence-corrected chi connectivity index (χ3v) is 2.63. The Balaban J connectivity index is 2.36. The molecular formula is C14H14N2O. The summed E-state index contributed by atoms with van der Waals surface area (Å²) in [5.74, 6) is 0. The normalized spacial score (nSPS) is 10.0. The number of nitrogens with one attached hydrogen (secondary N) is 1. The van der Waals surface area contributed by atoms with Crippen molar-refractivity contribution in [2.75, 3.05) is 5.32 Å². The lowest BCUT2D eigenvalue weighted by Gasteiger charge is -2.09. The van der Waals surface area contributed by atoms with Crippen LogP contribution in [0.2, 0.25) is 0 Å². The minimum atomic E-state index is 0.467. The second kappa shape index (κ2) is 4.78. The van der Waals surface area contributed by atoms with Crippen LogP contribution in [-0.4, -0.2) is 0 Å². The smallest absolute Gasteiger partial charge is 0.134 e. The highest BCUT2D eigenvalue weighted by molar-refractivity contribution is 5.74. The molecule has 0 atom stereocenters. The highest BCUT2D eigenvalue weighted by Crippen LogP contribution is 2.31. The third-order valence-electron chi connectivity index (χ3n) is 2.63. The average Bonchev–Trinajstić information content (AvgIpc) is 2.29. The summed E-state index contributed by atoms with van der Waals surface area (Å²) >= 11 is 0. The van der Waals surface area contributed by atoms with Crippen molar-refractivity contribution in [3.05, 3.63) is 58.5 Å². The number of nitroso groups, excluding NO2 is 1. The second-order valence-corrected chi connectivity index (χ2v) is 4.06.